The van der Waals surface area contributed by atoms with Gasteiger partial charge in [-0.05, 0) is 49.4 Å². The van der Waals surface area contributed by atoms with Crippen molar-refractivity contribution in [1.82, 2.24) is 20.3 Å². The minimum absolute atomic E-state index is 0.0159. The van der Waals surface area contributed by atoms with E-state index in [0.717, 1.165) is 47.8 Å². The number of aromatic amines is 1. The number of hydrogen-bond acceptors (Lipinski definition) is 5. The van der Waals surface area contributed by atoms with Crippen molar-refractivity contribution >= 4 is 34.5 Å². The van der Waals surface area contributed by atoms with Crippen LogP contribution in [-0.4, -0.2) is 45.3 Å². The van der Waals surface area contributed by atoms with Crippen molar-refractivity contribution in [3.8, 4) is 16.9 Å². The number of ether oxygens (including phenoxy) is 1. The first kappa shape index (κ1) is 19.3. The number of nitrogens with one attached hydrogen (secondary N) is 3. The number of H-pyrrole nitrogens is 1. The molecule has 0 aliphatic heterocycles. The molecule has 3 aromatic heterocycles. The number of carboxylic acid groups (broad SMARTS) is 1. The molecule has 0 atom stereocenters. The molecule has 1 aliphatic rings. The summed E-state index contributed by atoms with van der Waals surface area (Å²) in [5.41, 5.74) is 2.66. The van der Waals surface area contributed by atoms with Crippen LogP contribution >= 0.6 is 11.6 Å². The van der Waals surface area contributed by atoms with Gasteiger partial charge in [-0.3, -0.25) is 0 Å². The van der Waals surface area contributed by atoms with E-state index >= 15 is 0 Å². The van der Waals surface area contributed by atoms with Gasteiger partial charge in [0.1, 0.15) is 22.4 Å². The van der Waals surface area contributed by atoms with Crippen LogP contribution in [0.3, 0.4) is 0 Å². The first-order valence-corrected chi connectivity index (χ1v) is 9.84. The Morgan fingerprint density at radius 3 is 2.72 bits per heavy atom. The predicted molar refractivity (Wildman–Crippen MR) is 112 cm³/mol. The monoisotopic (exact) mass is 415 g/mol. The second kappa shape index (κ2) is 8.16. The Balaban J connectivity index is 1.54. The lowest BCUT2D eigenvalue weighted by Gasteiger charge is -2.29. The maximum absolute atomic E-state index is 10.8. The first-order chi connectivity index (χ1) is 14.0. The minimum atomic E-state index is -0.965. The number of aromatic nitrogens is 3. The van der Waals surface area contributed by atoms with Crippen molar-refractivity contribution in [2.24, 2.45) is 0 Å². The maximum Gasteiger partial charge on any atom is 0.404 e. The molecule has 0 aromatic carbocycles. The zero-order valence-corrected chi connectivity index (χ0v) is 16.7. The maximum atomic E-state index is 10.8. The van der Waals surface area contributed by atoms with E-state index in [2.05, 4.69) is 25.6 Å². The highest BCUT2D eigenvalue weighted by Crippen LogP contribution is 2.33. The van der Waals surface area contributed by atoms with E-state index in [1.165, 1.54) is 0 Å². The topological polar surface area (TPSA) is 112 Å². The third-order valence-corrected chi connectivity index (χ3v) is 5.45. The molecule has 152 valence electrons. The number of amides is 1. The van der Waals surface area contributed by atoms with Crippen molar-refractivity contribution in [3.05, 3.63) is 35.7 Å². The lowest BCUT2D eigenvalue weighted by molar-refractivity contribution is 0.185. The van der Waals surface area contributed by atoms with Gasteiger partial charge in [0.2, 0.25) is 0 Å². The molecule has 3 heterocycles. The van der Waals surface area contributed by atoms with Crippen molar-refractivity contribution < 1.29 is 14.6 Å². The first-order valence-electron chi connectivity index (χ1n) is 9.47. The summed E-state index contributed by atoms with van der Waals surface area (Å²) in [5.74, 6) is 1.39. The molecule has 0 saturated heterocycles. The van der Waals surface area contributed by atoms with Gasteiger partial charge in [-0.1, -0.05) is 11.6 Å². The van der Waals surface area contributed by atoms with E-state index < -0.39 is 6.09 Å². The Kier molecular flexibility index (Phi) is 5.44. The molecule has 0 unspecified atom stereocenters. The van der Waals surface area contributed by atoms with Gasteiger partial charge < -0.3 is 25.5 Å². The Hall–Kier alpha value is -3.00. The Morgan fingerprint density at radius 2 is 2.00 bits per heavy atom. The number of nitrogens with zero attached hydrogens (tertiary/aromatic N) is 2. The van der Waals surface area contributed by atoms with Gasteiger partial charge in [-0.15, -0.1) is 0 Å². The molecular formula is C20H22ClN5O3. The quantitative estimate of drug-likeness (QED) is 0.463. The van der Waals surface area contributed by atoms with Gasteiger partial charge in [-0.2, -0.15) is 0 Å². The van der Waals surface area contributed by atoms with Crippen LogP contribution in [0.25, 0.3) is 22.2 Å². The van der Waals surface area contributed by atoms with Gasteiger partial charge in [0.15, 0.2) is 0 Å². The van der Waals surface area contributed by atoms with E-state index in [-0.39, 0.29) is 12.1 Å². The van der Waals surface area contributed by atoms with E-state index in [4.69, 9.17) is 21.4 Å². The molecule has 1 aliphatic carbocycles. The molecular weight excluding hydrogens is 394 g/mol. The zero-order chi connectivity index (χ0) is 20.4. The molecule has 4 rings (SSSR count). The predicted octanol–water partition coefficient (Wildman–Crippen LogP) is 4.28. The summed E-state index contributed by atoms with van der Waals surface area (Å²) in [4.78, 5) is 22.8. The summed E-state index contributed by atoms with van der Waals surface area (Å²) >= 11 is 6.30. The average molecular weight is 416 g/mol. The number of methoxy groups -OCH3 is 1. The standard InChI is InChI=1S/C20H22ClN5O3/c1-29-14-8-15-16(10-23-19(15)22-9-14)11-6-17(21)26-18(7-11)24-12-2-4-13(5-3-12)25-20(27)28/h6-10,12-13,25H,2-5H2,1H3,(H,22,23)(H,24,26)(H,27,28). The lowest BCUT2D eigenvalue weighted by Crippen LogP contribution is -2.39. The zero-order valence-electron chi connectivity index (χ0n) is 15.9. The number of hydrogen-bond donors (Lipinski definition) is 4. The summed E-state index contributed by atoms with van der Waals surface area (Å²) in [6.07, 6.45) is 5.93. The van der Waals surface area contributed by atoms with Crippen LogP contribution in [0.5, 0.6) is 5.75 Å². The van der Waals surface area contributed by atoms with Crippen molar-refractivity contribution in [3.63, 3.8) is 0 Å². The number of halogens is 1. The molecule has 29 heavy (non-hydrogen) atoms. The summed E-state index contributed by atoms with van der Waals surface area (Å²) in [6.45, 7) is 0. The molecule has 4 N–H and O–H groups in total. The van der Waals surface area contributed by atoms with Gasteiger partial charge in [0.25, 0.3) is 0 Å². The van der Waals surface area contributed by atoms with Crippen LogP contribution in [-0.2, 0) is 0 Å². The second-order valence-electron chi connectivity index (χ2n) is 7.18. The van der Waals surface area contributed by atoms with Gasteiger partial charge >= 0.3 is 6.09 Å². The van der Waals surface area contributed by atoms with Crippen LogP contribution in [0.2, 0.25) is 5.15 Å². The largest absolute Gasteiger partial charge is 0.495 e. The third kappa shape index (κ3) is 4.37. The Labute approximate surface area is 172 Å². The number of fused-ring (bicyclic) bond motifs is 1. The normalized spacial score (nSPS) is 19.1. The fourth-order valence-corrected chi connectivity index (χ4v) is 4.04. The minimum Gasteiger partial charge on any atom is -0.495 e. The van der Waals surface area contributed by atoms with Crippen LogP contribution in [0.4, 0.5) is 10.6 Å². The summed E-state index contributed by atoms with van der Waals surface area (Å²) in [7, 11) is 1.61. The van der Waals surface area contributed by atoms with E-state index in [1.54, 1.807) is 13.3 Å². The highest BCUT2D eigenvalue weighted by atomic mass is 35.5. The molecule has 8 nitrogen and oxygen atoms in total. The van der Waals surface area contributed by atoms with Crippen LogP contribution < -0.4 is 15.4 Å². The van der Waals surface area contributed by atoms with E-state index in [9.17, 15) is 4.79 Å². The molecule has 1 fully saturated rings. The van der Waals surface area contributed by atoms with Crippen LogP contribution in [0.1, 0.15) is 25.7 Å². The fraction of sp³-hybridized carbons (Fsp3) is 0.350. The highest BCUT2D eigenvalue weighted by Gasteiger charge is 2.22. The van der Waals surface area contributed by atoms with Crippen molar-refractivity contribution in [2.45, 2.75) is 37.8 Å². The molecule has 0 spiro atoms. The highest BCUT2D eigenvalue weighted by molar-refractivity contribution is 6.29. The Morgan fingerprint density at radius 1 is 1.24 bits per heavy atom. The second-order valence-corrected chi connectivity index (χ2v) is 7.57. The van der Waals surface area contributed by atoms with E-state index in [1.807, 2.05) is 24.4 Å². The van der Waals surface area contributed by atoms with Crippen LogP contribution in [0, 0.1) is 0 Å². The number of rotatable bonds is 5. The van der Waals surface area contributed by atoms with Crippen molar-refractivity contribution in [2.75, 3.05) is 12.4 Å². The molecule has 3 aromatic rings. The van der Waals surface area contributed by atoms with E-state index in [0.29, 0.717) is 16.7 Å². The lowest BCUT2D eigenvalue weighted by atomic mass is 9.91. The summed E-state index contributed by atoms with van der Waals surface area (Å²) < 4.78 is 5.29. The third-order valence-electron chi connectivity index (χ3n) is 5.25. The Bertz CT molecular complexity index is 1030. The number of anilines is 1. The smallest absolute Gasteiger partial charge is 0.404 e. The molecule has 0 radical (unpaired) electrons. The number of pyridine rings is 2. The van der Waals surface area contributed by atoms with Gasteiger partial charge in [-0.25, -0.2) is 14.8 Å². The SMILES string of the molecule is COc1cnc2[nH]cc(-c3cc(Cl)nc(NC4CCC(NC(=O)O)CC4)c3)c2c1. The molecule has 1 amide bonds. The van der Waals surface area contributed by atoms with Gasteiger partial charge in [0.05, 0.1) is 13.3 Å². The average Bonchev–Trinajstić information content (AvgIpc) is 3.12. The van der Waals surface area contributed by atoms with Crippen LogP contribution in [0.15, 0.2) is 30.6 Å². The summed E-state index contributed by atoms with van der Waals surface area (Å²) in [6, 6.07) is 5.97. The molecule has 1 saturated carbocycles. The van der Waals surface area contributed by atoms with Crippen molar-refractivity contribution in [1.29, 1.82) is 0 Å². The molecule has 9 heteroatoms. The molecule has 0 bridgehead atoms. The summed E-state index contributed by atoms with van der Waals surface area (Å²) in [5, 5.41) is 16.2. The van der Waals surface area contributed by atoms with Gasteiger partial charge in [0, 0.05) is 29.2 Å². The number of carbonyl (C=O) groups is 1. The fourth-order valence-electron chi connectivity index (χ4n) is 3.83.